The predicted molar refractivity (Wildman–Crippen MR) is 87.6 cm³/mol. The molecular weight excluding hydrogens is 258 g/mol. The second kappa shape index (κ2) is 5.75. The van der Waals surface area contributed by atoms with E-state index in [-0.39, 0.29) is 5.41 Å². The maximum Gasteiger partial charge on any atom is 0.114 e. The summed E-state index contributed by atoms with van der Waals surface area (Å²) in [5.74, 6) is 2.09. The summed E-state index contributed by atoms with van der Waals surface area (Å²) in [7, 11) is 0. The van der Waals surface area contributed by atoms with Gasteiger partial charge in [0.15, 0.2) is 0 Å². The molecule has 21 heavy (non-hydrogen) atoms. The molecule has 3 heteroatoms. The standard InChI is InChI=1S/C18H31N3/c1-13-8-6-5-7-9-15(13)21-16-10-11-19-12-14(16)20-17(21)18(2,3)4/h13,15,19H,5-12H2,1-4H3. The molecule has 1 aliphatic heterocycles. The second-order valence-corrected chi connectivity index (χ2v) is 8.06. The van der Waals surface area contributed by atoms with E-state index in [0.717, 1.165) is 25.4 Å². The number of nitrogens with one attached hydrogen (secondary N) is 1. The van der Waals surface area contributed by atoms with E-state index in [4.69, 9.17) is 4.98 Å². The third-order valence-corrected chi connectivity index (χ3v) is 5.24. The highest BCUT2D eigenvalue weighted by atomic mass is 15.2. The molecule has 3 rings (SSSR count). The van der Waals surface area contributed by atoms with Crippen LogP contribution in [0.25, 0.3) is 0 Å². The molecule has 2 aliphatic rings. The molecule has 118 valence electrons. The van der Waals surface area contributed by atoms with Crippen molar-refractivity contribution >= 4 is 0 Å². The van der Waals surface area contributed by atoms with Gasteiger partial charge in [-0.1, -0.05) is 47.0 Å². The van der Waals surface area contributed by atoms with E-state index in [0.29, 0.717) is 6.04 Å². The molecule has 0 amide bonds. The van der Waals surface area contributed by atoms with Gasteiger partial charge in [-0.05, 0) is 18.8 Å². The molecule has 1 saturated carbocycles. The summed E-state index contributed by atoms with van der Waals surface area (Å²) >= 11 is 0. The normalized spacial score (nSPS) is 27.2. The second-order valence-electron chi connectivity index (χ2n) is 8.06. The van der Waals surface area contributed by atoms with Crippen molar-refractivity contribution < 1.29 is 0 Å². The van der Waals surface area contributed by atoms with Gasteiger partial charge in [-0.3, -0.25) is 0 Å². The fourth-order valence-corrected chi connectivity index (χ4v) is 4.08. The van der Waals surface area contributed by atoms with E-state index in [1.54, 1.807) is 0 Å². The first-order valence-corrected chi connectivity index (χ1v) is 8.79. The summed E-state index contributed by atoms with van der Waals surface area (Å²) in [5, 5.41) is 3.48. The molecule has 1 N–H and O–H groups in total. The van der Waals surface area contributed by atoms with E-state index >= 15 is 0 Å². The van der Waals surface area contributed by atoms with Gasteiger partial charge in [0.25, 0.3) is 0 Å². The molecule has 0 radical (unpaired) electrons. The minimum Gasteiger partial charge on any atom is -0.328 e. The minimum atomic E-state index is 0.128. The fraction of sp³-hybridized carbons (Fsp3) is 0.833. The highest BCUT2D eigenvalue weighted by molar-refractivity contribution is 5.25. The lowest BCUT2D eigenvalue weighted by Gasteiger charge is -2.31. The molecule has 1 aromatic heterocycles. The van der Waals surface area contributed by atoms with Crippen LogP contribution in [0.4, 0.5) is 0 Å². The van der Waals surface area contributed by atoms with E-state index in [2.05, 4.69) is 37.6 Å². The average Bonchev–Trinajstić information content (AvgIpc) is 2.70. The highest BCUT2D eigenvalue weighted by Crippen LogP contribution is 2.38. The van der Waals surface area contributed by atoms with Crippen LogP contribution in [0, 0.1) is 5.92 Å². The summed E-state index contributed by atoms with van der Waals surface area (Å²) in [6.45, 7) is 11.4. The van der Waals surface area contributed by atoms with Crippen molar-refractivity contribution in [1.82, 2.24) is 14.9 Å². The molecule has 0 spiro atoms. The zero-order valence-electron chi connectivity index (χ0n) is 14.2. The van der Waals surface area contributed by atoms with Crippen LogP contribution < -0.4 is 5.32 Å². The first-order chi connectivity index (χ1) is 9.98. The minimum absolute atomic E-state index is 0.128. The van der Waals surface area contributed by atoms with Crippen LogP contribution in [-0.2, 0) is 18.4 Å². The Kier molecular flexibility index (Phi) is 4.13. The average molecular weight is 289 g/mol. The number of rotatable bonds is 1. The van der Waals surface area contributed by atoms with Gasteiger partial charge in [-0.25, -0.2) is 4.98 Å². The number of nitrogens with zero attached hydrogens (tertiary/aromatic N) is 2. The van der Waals surface area contributed by atoms with Crippen LogP contribution in [0.3, 0.4) is 0 Å². The van der Waals surface area contributed by atoms with Crippen molar-refractivity contribution in [3.05, 3.63) is 17.2 Å². The molecular formula is C18H31N3. The summed E-state index contributed by atoms with van der Waals surface area (Å²) < 4.78 is 2.67. The van der Waals surface area contributed by atoms with E-state index in [9.17, 15) is 0 Å². The summed E-state index contributed by atoms with van der Waals surface area (Å²) in [6.07, 6.45) is 8.04. The van der Waals surface area contributed by atoms with Crippen LogP contribution in [-0.4, -0.2) is 16.1 Å². The molecule has 2 heterocycles. The van der Waals surface area contributed by atoms with Gasteiger partial charge in [0.1, 0.15) is 5.82 Å². The molecule has 2 atom stereocenters. The SMILES string of the molecule is CC1CCCCCC1n1c(C(C)(C)C)nc2c1CCNC2. The Labute approximate surface area is 129 Å². The van der Waals surface area contributed by atoms with Gasteiger partial charge in [0.2, 0.25) is 0 Å². The van der Waals surface area contributed by atoms with Crippen LogP contribution in [0.2, 0.25) is 0 Å². The van der Waals surface area contributed by atoms with Gasteiger partial charge < -0.3 is 9.88 Å². The Bertz CT molecular complexity index is 495. The largest absolute Gasteiger partial charge is 0.328 e. The van der Waals surface area contributed by atoms with Gasteiger partial charge in [0.05, 0.1) is 5.69 Å². The maximum absolute atomic E-state index is 5.06. The number of hydrogen-bond acceptors (Lipinski definition) is 2. The zero-order chi connectivity index (χ0) is 15.0. The Morgan fingerprint density at radius 2 is 1.90 bits per heavy atom. The third kappa shape index (κ3) is 2.90. The first-order valence-electron chi connectivity index (χ1n) is 8.79. The number of aromatic nitrogens is 2. The number of fused-ring (bicyclic) bond motifs is 1. The van der Waals surface area contributed by atoms with Gasteiger partial charge in [-0.2, -0.15) is 0 Å². The molecule has 1 fully saturated rings. The number of imidazole rings is 1. The van der Waals surface area contributed by atoms with Crippen LogP contribution in [0.15, 0.2) is 0 Å². The highest BCUT2D eigenvalue weighted by Gasteiger charge is 2.32. The lowest BCUT2D eigenvalue weighted by molar-refractivity contribution is 0.304. The van der Waals surface area contributed by atoms with Crippen LogP contribution in [0.1, 0.15) is 83.1 Å². The van der Waals surface area contributed by atoms with Gasteiger partial charge in [-0.15, -0.1) is 0 Å². The topological polar surface area (TPSA) is 29.9 Å². The Morgan fingerprint density at radius 3 is 2.67 bits per heavy atom. The van der Waals surface area contributed by atoms with E-state index in [1.807, 2.05) is 0 Å². The zero-order valence-corrected chi connectivity index (χ0v) is 14.2. The molecule has 1 aliphatic carbocycles. The quantitative estimate of drug-likeness (QED) is 0.793. The summed E-state index contributed by atoms with van der Waals surface area (Å²) in [5.41, 5.74) is 2.96. The summed E-state index contributed by atoms with van der Waals surface area (Å²) in [6, 6.07) is 0.663. The molecule has 0 saturated heterocycles. The lowest BCUT2D eigenvalue weighted by Crippen LogP contribution is -2.29. The maximum atomic E-state index is 5.06. The Hall–Kier alpha value is -0.830. The molecule has 2 unspecified atom stereocenters. The van der Waals surface area contributed by atoms with Crippen LogP contribution in [0.5, 0.6) is 0 Å². The van der Waals surface area contributed by atoms with Crippen molar-refractivity contribution in [2.75, 3.05) is 6.54 Å². The monoisotopic (exact) mass is 289 g/mol. The Balaban J connectivity index is 2.08. The fourth-order valence-electron chi connectivity index (χ4n) is 4.08. The molecule has 0 aromatic carbocycles. The van der Waals surface area contributed by atoms with Gasteiger partial charge in [0, 0.05) is 36.7 Å². The summed E-state index contributed by atoms with van der Waals surface area (Å²) in [4.78, 5) is 5.06. The third-order valence-electron chi connectivity index (χ3n) is 5.24. The van der Waals surface area contributed by atoms with Crippen molar-refractivity contribution in [1.29, 1.82) is 0 Å². The molecule has 1 aromatic rings. The first kappa shape index (κ1) is 15.1. The van der Waals surface area contributed by atoms with E-state index < -0.39 is 0 Å². The van der Waals surface area contributed by atoms with Gasteiger partial charge >= 0.3 is 0 Å². The smallest absolute Gasteiger partial charge is 0.114 e. The number of hydrogen-bond donors (Lipinski definition) is 1. The molecule has 3 nitrogen and oxygen atoms in total. The van der Waals surface area contributed by atoms with Crippen molar-refractivity contribution in [3.63, 3.8) is 0 Å². The van der Waals surface area contributed by atoms with Crippen LogP contribution >= 0.6 is 0 Å². The molecule has 0 bridgehead atoms. The van der Waals surface area contributed by atoms with Crippen molar-refractivity contribution in [2.45, 2.75) is 84.2 Å². The van der Waals surface area contributed by atoms with Crippen molar-refractivity contribution in [2.24, 2.45) is 5.92 Å². The lowest BCUT2D eigenvalue weighted by atomic mass is 9.91. The predicted octanol–water partition coefficient (Wildman–Crippen LogP) is 3.97. The van der Waals surface area contributed by atoms with E-state index in [1.165, 1.54) is 49.3 Å². The van der Waals surface area contributed by atoms with Crippen molar-refractivity contribution in [3.8, 4) is 0 Å². The Morgan fingerprint density at radius 1 is 1.14 bits per heavy atom.